The van der Waals surface area contributed by atoms with Gasteiger partial charge in [0.25, 0.3) is 11.2 Å². The second-order valence-corrected chi connectivity index (χ2v) is 2.71. The molecule has 80 valence electrons. The summed E-state index contributed by atoms with van der Waals surface area (Å²) < 4.78 is 4.24. The Morgan fingerprint density at radius 2 is 2.38 bits per heavy atom. The number of hydrogen-bond acceptors (Lipinski definition) is 6. The molecule has 1 aromatic carbocycles. The molecule has 0 N–H and O–H groups in total. The molecule has 2 rings (SSSR count). The smallest absolute Gasteiger partial charge is 0.283 e. The van der Waals surface area contributed by atoms with Crippen molar-refractivity contribution >= 4 is 22.4 Å². The molecule has 0 saturated heterocycles. The molecule has 0 atom stereocenters. The summed E-state index contributed by atoms with van der Waals surface area (Å²) in [5.74, 6) is 0. The van der Waals surface area contributed by atoms with E-state index in [0.29, 0.717) is 0 Å². The van der Waals surface area contributed by atoms with Gasteiger partial charge in [0.15, 0.2) is 0 Å². The molecule has 1 heterocycles. The number of nitro benzene ring substituents is 1. The molecule has 0 radical (unpaired) electrons. The summed E-state index contributed by atoms with van der Waals surface area (Å²) in [6, 6.07) is 2.04. The molecule has 0 unspecified atom stereocenters. The Hall–Kier alpha value is -2.87. The monoisotopic (exact) mass is 222 g/mol. The fourth-order valence-corrected chi connectivity index (χ4v) is 1.17. The summed E-state index contributed by atoms with van der Waals surface area (Å²) in [5, 5.41) is 28.0. The van der Waals surface area contributed by atoms with Crippen molar-refractivity contribution in [2.75, 3.05) is 0 Å². The second-order valence-electron chi connectivity index (χ2n) is 2.71. The predicted octanol–water partition coefficient (Wildman–Crippen LogP) is 1.31. The van der Waals surface area contributed by atoms with Crippen LogP contribution in [-0.2, 0) is 0 Å². The highest BCUT2D eigenvalue weighted by atomic mass is 16.8. The molecule has 0 bridgehead atoms. The fraction of sp³-hybridized carbons (Fsp3) is 0. The Balaban J connectivity index is 2.82. The van der Waals surface area contributed by atoms with Crippen LogP contribution in [0.3, 0.4) is 0 Å². The molecule has 10 nitrogen and oxygen atoms in total. The Morgan fingerprint density at radius 1 is 1.62 bits per heavy atom. The number of benzene rings is 1. The Bertz CT molecular complexity index is 627. The first-order valence-corrected chi connectivity index (χ1v) is 3.86. The maximum atomic E-state index is 11.0. The highest BCUT2D eigenvalue weighted by Crippen LogP contribution is 2.30. The second kappa shape index (κ2) is 3.37. The van der Waals surface area contributed by atoms with Gasteiger partial charge in [-0.3, -0.25) is 14.7 Å². The summed E-state index contributed by atoms with van der Waals surface area (Å²) in [6.07, 6.45) is 0. The number of nitro groups is 1. The lowest BCUT2D eigenvalue weighted by Crippen LogP contribution is -2.22. The van der Waals surface area contributed by atoms with Crippen molar-refractivity contribution in [2.45, 2.75) is 0 Å². The lowest BCUT2D eigenvalue weighted by Gasteiger charge is -1.93. The van der Waals surface area contributed by atoms with Gasteiger partial charge in [-0.05, 0) is 10.4 Å². The van der Waals surface area contributed by atoms with E-state index in [4.69, 9.17) is 5.53 Å². The molecule has 0 aliphatic heterocycles. The maximum Gasteiger partial charge on any atom is 0.283 e. The van der Waals surface area contributed by atoms with E-state index in [1.54, 1.807) is 0 Å². The average Bonchev–Trinajstić information content (AvgIpc) is 2.60. The first kappa shape index (κ1) is 9.68. The third-order valence-electron chi connectivity index (χ3n) is 1.83. The third kappa shape index (κ3) is 1.35. The number of nitrogens with zero attached hydrogens (tertiary/aromatic N) is 6. The highest BCUT2D eigenvalue weighted by Gasteiger charge is 2.20. The van der Waals surface area contributed by atoms with Crippen molar-refractivity contribution < 1.29 is 14.5 Å². The van der Waals surface area contributed by atoms with Crippen molar-refractivity contribution in [1.82, 2.24) is 5.16 Å². The van der Waals surface area contributed by atoms with Crippen molar-refractivity contribution in [1.29, 1.82) is 0 Å². The van der Waals surface area contributed by atoms with Crippen molar-refractivity contribution in [3.05, 3.63) is 37.9 Å². The maximum absolute atomic E-state index is 11.0. The van der Waals surface area contributed by atoms with Gasteiger partial charge in [-0.2, -0.15) is 0 Å². The van der Waals surface area contributed by atoms with E-state index in [0.717, 1.165) is 12.1 Å². The van der Waals surface area contributed by atoms with E-state index in [9.17, 15) is 15.3 Å². The molecule has 0 saturated carbocycles. The minimum Gasteiger partial charge on any atom is -0.359 e. The van der Waals surface area contributed by atoms with Crippen molar-refractivity contribution in [3.8, 4) is 0 Å². The highest BCUT2D eigenvalue weighted by molar-refractivity contribution is 5.80. The first-order valence-electron chi connectivity index (χ1n) is 3.86. The quantitative estimate of drug-likeness (QED) is 0.188. The van der Waals surface area contributed by atoms with Gasteiger partial charge in [0, 0.05) is 16.1 Å². The molecule has 0 amide bonds. The van der Waals surface area contributed by atoms with Crippen LogP contribution in [0.1, 0.15) is 0 Å². The van der Waals surface area contributed by atoms with Gasteiger partial charge < -0.3 is 5.21 Å². The number of azide groups is 1. The fourth-order valence-electron chi connectivity index (χ4n) is 1.17. The van der Waals surface area contributed by atoms with Gasteiger partial charge >= 0.3 is 0 Å². The normalized spacial score (nSPS) is 10.0. The lowest BCUT2D eigenvalue weighted by atomic mass is 10.2. The Kier molecular flexibility index (Phi) is 2.04. The van der Waals surface area contributed by atoms with Crippen LogP contribution in [0.5, 0.6) is 0 Å². The van der Waals surface area contributed by atoms with E-state index in [1.807, 2.05) is 0 Å². The van der Waals surface area contributed by atoms with Gasteiger partial charge in [0.2, 0.25) is 5.52 Å². The van der Waals surface area contributed by atoms with E-state index in [-0.39, 0.29) is 21.6 Å². The lowest BCUT2D eigenvalue weighted by molar-refractivity contribution is -0.782. The minimum absolute atomic E-state index is 0.0126. The molecule has 0 fully saturated rings. The Labute approximate surface area is 86.0 Å². The summed E-state index contributed by atoms with van der Waals surface area (Å²) in [4.78, 5) is 12.4. The van der Waals surface area contributed by atoms with E-state index in [1.165, 1.54) is 0 Å². The van der Waals surface area contributed by atoms with Gasteiger partial charge in [-0.1, -0.05) is 5.11 Å². The molecule has 10 heteroatoms. The topological polar surface area (TPSA) is 145 Å². The van der Waals surface area contributed by atoms with Crippen molar-refractivity contribution in [2.24, 2.45) is 5.11 Å². The zero-order valence-corrected chi connectivity index (χ0v) is 7.47. The van der Waals surface area contributed by atoms with E-state index >= 15 is 0 Å². The standard InChI is InChI=1S/C6H2N6O4/c7-10-8-3-1-6-4(9-16-12(6)15)2-5(3)11(13)14/h1-2H. The van der Waals surface area contributed by atoms with Crippen LogP contribution in [0.15, 0.2) is 21.9 Å². The van der Waals surface area contributed by atoms with Crippen LogP contribution in [0.2, 0.25) is 0 Å². The first-order chi connectivity index (χ1) is 7.63. The molecule has 0 spiro atoms. The zero-order valence-electron chi connectivity index (χ0n) is 7.47. The van der Waals surface area contributed by atoms with Crippen molar-refractivity contribution in [3.63, 3.8) is 0 Å². The average molecular weight is 222 g/mol. The van der Waals surface area contributed by atoms with Crippen LogP contribution in [0.4, 0.5) is 11.4 Å². The molecule has 0 aliphatic carbocycles. The van der Waals surface area contributed by atoms with Crippen LogP contribution >= 0.6 is 0 Å². The Morgan fingerprint density at radius 3 is 3.00 bits per heavy atom. The van der Waals surface area contributed by atoms with Crippen LogP contribution in [0, 0.1) is 15.3 Å². The van der Waals surface area contributed by atoms with Crippen LogP contribution in [-0.4, -0.2) is 10.1 Å². The molecular formula is C6H2N6O4. The SMILES string of the molecule is [N-]=[N+]=Nc1cc2c(cc1[N+](=O)[O-])no[n+]2[O-]. The van der Waals surface area contributed by atoms with E-state index in [2.05, 4.69) is 19.8 Å². The molecule has 0 aliphatic rings. The summed E-state index contributed by atoms with van der Waals surface area (Å²) in [5.41, 5.74) is 7.48. The van der Waals surface area contributed by atoms with Crippen LogP contribution < -0.4 is 4.90 Å². The molecular weight excluding hydrogens is 220 g/mol. The number of fused-ring (bicyclic) bond motifs is 1. The number of rotatable bonds is 2. The molecule has 2 aromatic rings. The summed E-state index contributed by atoms with van der Waals surface area (Å²) in [7, 11) is 0. The zero-order chi connectivity index (χ0) is 11.7. The number of aromatic nitrogens is 2. The minimum atomic E-state index is -0.743. The van der Waals surface area contributed by atoms with Gasteiger partial charge in [0.1, 0.15) is 5.69 Å². The van der Waals surface area contributed by atoms with E-state index < -0.39 is 10.6 Å². The number of hydrogen-bond donors (Lipinski definition) is 0. The van der Waals surface area contributed by atoms with Crippen LogP contribution in [0.25, 0.3) is 21.5 Å². The molecule has 16 heavy (non-hydrogen) atoms. The van der Waals surface area contributed by atoms with Gasteiger partial charge in [-0.15, -0.1) is 0 Å². The largest absolute Gasteiger partial charge is 0.359 e. The van der Waals surface area contributed by atoms with Gasteiger partial charge in [0.05, 0.1) is 11.0 Å². The summed E-state index contributed by atoms with van der Waals surface area (Å²) in [6.45, 7) is 0. The summed E-state index contributed by atoms with van der Waals surface area (Å²) >= 11 is 0. The third-order valence-corrected chi connectivity index (χ3v) is 1.83. The predicted molar refractivity (Wildman–Crippen MR) is 48.4 cm³/mol. The van der Waals surface area contributed by atoms with Gasteiger partial charge in [-0.25, -0.2) is 0 Å². The molecule has 1 aromatic heterocycles.